The maximum absolute atomic E-state index is 12.1. The van der Waals surface area contributed by atoms with E-state index in [4.69, 9.17) is 14.2 Å². The number of anilines is 1. The lowest BCUT2D eigenvalue weighted by atomic mass is 10.1. The molecule has 0 spiro atoms. The molecule has 0 aliphatic carbocycles. The molecule has 2 aromatic carbocycles. The molecule has 0 heterocycles. The van der Waals surface area contributed by atoms with Crippen LogP contribution in [0.3, 0.4) is 0 Å². The highest BCUT2D eigenvalue weighted by Gasteiger charge is 2.12. The highest BCUT2D eigenvalue weighted by molar-refractivity contribution is 6.03. The van der Waals surface area contributed by atoms with Gasteiger partial charge >= 0.3 is 0 Å². The van der Waals surface area contributed by atoms with Gasteiger partial charge in [0.2, 0.25) is 5.91 Å². The summed E-state index contributed by atoms with van der Waals surface area (Å²) in [5, 5.41) is 13.4. The van der Waals surface area contributed by atoms with Gasteiger partial charge in [0.15, 0.2) is 0 Å². The molecule has 8 heteroatoms. The van der Waals surface area contributed by atoms with E-state index in [9.17, 15) is 14.9 Å². The van der Waals surface area contributed by atoms with E-state index in [1.54, 1.807) is 31.4 Å². The molecule has 2 rings (SSSR count). The fourth-order valence-electron chi connectivity index (χ4n) is 2.19. The van der Waals surface area contributed by atoms with Crippen LogP contribution in [0.1, 0.15) is 5.56 Å². The van der Waals surface area contributed by atoms with Crippen molar-refractivity contribution in [3.05, 3.63) is 58.2 Å². The van der Waals surface area contributed by atoms with Crippen molar-refractivity contribution >= 4 is 23.4 Å². The topological polar surface area (TPSA) is 99.9 Å². The van der Waals surface area contributed by atoms with Gasteiger partial charge in [0.25, 0.3) is 5.69 Å². The van der Waals surface area contributed by atoms with Crippen molar-refractivity contribution in [2.45, 2.75) is 0 Å². The molecule has 1 N–H and O–H groups in total. The first-order valence-corrected chi connectivity index (χ1v) is 7.52. The molecule has 0 radical (unpaired) electrons. The Bertz CT molecular complexity index is 848. The molecule has 0 aliphatic heterocycles. The standard InChI is InChI=1S/C18H18N2O6/c1-24-14-7-4-12(16(11-14)25-2)5-9-18(21)19-15-8-6-13(20(22)23)10-17(15)26-3/h4-11H,1-3H3,(H,19,21)/b9-5+. The van der Waals surface area contributed by atoms with Crippen LogP contribution in [0, 0.1) is 10.1 Å². The van der Waals surface area contributed by atoms with Crippen molar-refractivity contribution < 1.29 is 23.9 Å². The van der Waals surface area contributed by atoms with Gasteiger partial charge in [-0.1, -0.05) is 0 Å². The molecule has 1 amide bonds. The number of ether oxygens (including phenoxy) is 3. The summed E-state index contributed by atoms with van der Waals surface area (Å²) in [7, 11) is 4.44. The van der Waals surface area contributed by atoms with E-state index in [1.165, 1.54) is 38.5 Å². The number of rotatable bonds is 7. The van der Waals surface area contributed by atoms with Crippen LogP contribution in [-0.4, -0.2) is 32.2 Å². The molecule has 136 valence electrons. The smallest absolute Gasteiger partial charge is 0.273 e. The van der Waals surface area contributed by atoms with Crippen LogP contribution in [0.15, 0.2) is 42.5 Å². The first-order valence-electron chi connectivity index (χ1n) is 7.52. The summed E-state index contributed by atoms with van der Waals surface area (Å²) in [6.07, 6.45) is 2.91. The van der Waals surface area contributed by atoms with E-state index in [0.29, 0.717) is 22.7 Å². The zero-order chi connectivity index (χ0) is 19.1. The van der Waals surface area contributed by atoms with E-state index in [0.717, 1.165) is 0 Å². The summed E-state index contributed by atoms with van der Waals surface area (Å²) < 4.78 is 15.5. The summed E-state index contributed by atoms with van der Waals surface area (Å²) in [5.74, 6) is 0.971. The van der Waals surface area contributed by atoms with E-state index in [-0.39, 0.29) is 11.4 Å². The second kappa shape index (κ2) is 8.52. The molecule has 0 saturated heterocycles. The van der Waals surface area contributed by atoms with Crippen LogP contribution in [-0.2, 0) is 4.79 Å². The van der Waals surface area contributed by atoms with E-state index in [2.05, 4.69) is 5.32 Å². The SMILES string of the molecule is COc1ccc(/C=C/C(=O)Nc2ccc([N+](=O)[O-])cc2OC)c(OC)c1. The number of nitrogens with one attached hydrogen (secondary N) is 1. The third-order valence-corrected chi connectivity index (χ3v) is 3.51. The maximum atomic E-state index is 12.1. The van der Waals surface area contributed by atoms with Crippen molar-refractivity contribution in [3.63, 3.8) is 0 Å². The van der Waals surface area contributed by atoms with Crippen molar-refractivity contribution in [3.8, 4) is 17.2 Å². The quantitative estimate of drug-likeness (QED) is 0.463. The number of carbonyl (C=O) groups excluding carboxylic acids is 1. The molecule has 26 heavy (non-hydrogen) atoms. The second-order valence-corrected chi connectivity index (χ2v) is 5.07. The Kier molecular flexibility index (Phi) is 6.15. The molecule has 0 saturated carbocycles. The average Bonchev–Trinajstić information content (AvgIpc) is 2.66. The molecule has 2 aromatic rings. The number of methoxy groups -OCH3 is 3. The first kappa shape index (κ1) is 18.8. The second-order valence-electron chi connectivity index (χ2n) is 5.07. The van der Waals surface area contributed by atoms with Crippen LogP contribution in [0.25, 0.3) is 6.08 Å². The van der Waals surface area contributed by atoms with Gasteiger partial charge in [-0.3, -0.25) is 14.9 Å². The lowest BCUT2D eigenvalue weighted by Gasteiger charge is -2.09. The largest absolute Gasteiger partial charge is 0.497 e. The summed E-state index contributed by atoms with van der Waals surface area (Å²) in [5.41, 5.74) is 0.895. The predicted molar refractivity (Wildman–Crippen MR) is 96.9 cm³/mol. The monoisotopic (exact) mass is 358 g/mol. The first-order chi connectivity index (χ1) is 12.5. The number of hydrogen-bond acceptors (Lipinski definition) is 6. The Labute approximate surface area is 150 Å². The van der Waals surface area contributed by atoms with Crippen molar-refractivity contribution in [1.82, 2.24) is 0 Å². The van der Waals surface area contributed by atoms with Gasteiger partial charge in [-0.2, -0.15) is 0 Å². The third kappa shape index (κ3) is 4.50. The van der Waals surface area contributed by atoms with Crippen LogP contribution < -0.4 is 19.5 Å². The van der Waals surface area contributed by atoms with Crippen molar-refractivity contribution in [2.75, 3.05) is 26.6 Å². The zero-order valence-corrected chi connectivity index (χ0v) is 14.5. The summed E-state index contributed by atoms with van der Waals surface area (Å²) in [4.78, 5) is 22.4. The van der Waals surface area contributed by atoms with Gasteiger partial charge in [-0.15, -0.1) is 0 Å². The third-order valence-electron chi connectivity index (χ3n) is 3.51. The van der Waals surface area contributed by atoms with Gasteiger partial charge in [0, 0.05) is 23.8 Å². The van der Waals surface area contributed by atoms with Gasteiger partial charge in [0.05, 0.1) is 38.0 Å². The number of benzene rings is 2. The minimum atomic E-state index is -0.538. The van der Waals surface area contributed by atoms with E-state index >= 15 is 0 Å². The minimum Gasteiger partial charge on any atom is -0.497 e. The van der Waals surface area contributed by atoms with E-state index in [1.807, 2.05) is 0 Å². The van der Waals surface area contributed by atoms with Gasteiger partial charge in [-0.05, 0) is 24.3 Å². The summed E-state index contributed by atoms with van der Waals surface area (Å²) in [6.45, 7) is 0. The molecule has 0 aliphatic rings. The number of amides is 1. The lowest BCUT2D eigenvalue weighted by molar-refractivity contribution is -0.384. The highest BCUT2D eigenvalue weighted by atomic mass is 16.6. The zero-order valence-electron chi connectivity index (χ0n) is 14.5. The van der Waals surface area contributed by atoms with Crippen LogP contribution in [0.5, 0.6) is 17.2 Å². The maximum Gasteiger partial charge on any atom is 0.273 e. The van der Waals surface area contributed by atoms with Crippen molar-refractivity contribution in [2.24, 2.45) is 0 Å². The average molecular weight is 358 g/mol. The number of nitro groups is 1. The fraction of sp³-hybridized carbons (Fsp3) is 0.167. The van der Waals surface area contributed by atoms with E-state index < -0.39 is 10.8 Å². The number of nitrogens with zero attached hydrogens (tertiary/aromatic N) is 1. The molecule has 0 unspecified atom stereocenters. The Balaban J connectivity index is 2.16. The Morgan fingerprint density at radius 2 is 1.77 bits per heavy atom. The lowest BCUT2D eigenvalue weighted by Crippen LogP contribution is -2.09. The molecule has 0 atom stereocenters. The number of non-ortho nitro benzene ring substituents is 1. The van der Waals surface area contributed by atoms with Gasteiger partial charge in [-0.25, -0.2) is 0 Å². The predicted octanol–water partition coefficient (Wildman–Crippen LogP) is 3.27. The van der Waals surface area contributed by atoms with Crippen LogP contribution >= 0.6 is 0 Å². The highest BCUT2D eigenvalue weighted by Crippen LogP contribution is 2.29. The van der Waals surface area contributed by atoms with Crippen molar-refractivity contribution in [1.29, 1.82) is 0 Å². The van der Waals surface area contributed by atoms with Crippen LogP contribution in [0.2, 0.25) is 0 Å². The number of hydrogen-bond donors (Lipinski definition) is 1. The molecule has 0 bridgehead atoms. The molecule has 0 aromatic heterocycles. The molecule has 8 nitrogen and oxygen atoms in total. The summed E-state index contributed by atoms with van der Waals surface area (Å²) in [6, 6.07) is 9.15. The van der Waals surface area contributed by atoms with Gasteiger partial charge in [0.1, 0.15) is 17.2 Å². The molecular formula is C18H18N2O6. The Hall–Kier alpha value is -3.55. The molecular weight excluding hydrogens is 340 g/mol. The summed E-state index contributed by atoms with van der Waals surface area (Å²) >= 11 is 0. The Morgan fingerprint density at radius 3 is 2.38 bits per heavy atom. The van der Waals surface area contributed by atoms with Gasteiger partial charge < -0.3 is 19.5 Å². The minimum absolute atomic E-state index is 0.127. The number of nitro benzene ring substituents is 1. The number of carbonyl (C=O) groups is 1. The fourth-order valence-corrected chi connectivity index (χ4v) is 2.19. The Morgan fingerprint density at radius 1 is 1.04 bits per heavy atom. The molecule has 0 fully saturated rings. The normalized spacial score (nSPS) is 10.4. The van der Waals surface area contributed by atoms with Crippen LogP contribution in [0.4, 0.5) is 11.4 Å².